The van der Waals surface area contributed by atoms with E-state index in [4.69, 9.17) is 10.5 Å². The van der Waals surface area contributed by atoms with Crippen molar-refractivity contribution in [3.63, 3.8) is 0 Å². The topological polar surface area (TPSA) is 55.5 Å². The summed E-state index contributed by atoms with van der Waals surface area (Å²) in [6, 6.07) is 3.50. The van der Waals surface area contributed by atoms with E-state index < -0.39 is 0 Å². The van der Waals surface area contributed by atoms with E-state index in [1.807, 2.05) is 26.8 Å². The molecule has 0 fully saturated rings. The van der Waals surface area contributed by atoms with Gasteiger partial charge in [-0.3, -0.25) is 0 Å². The van der Waals surface area contributed by atoms with Gasteiger partial charge in [0.25, 0.3) is 0 Å². The first-order valence-corrected chi connectivity index (χ1v) is 4.70. The van der Waals surface area contributed by atoms with Crippen LogP contribution in [0.5, 0.6) is 11.5 Å². The molecule has 1 atom stereocenters. The molecular weight excluding hydrogens is 178 g/mol. The summed E-state index contributed by atoms with van der Waals surface area (Å²) < 4.78 is 5.52. The first-order valence-electron chi connectivity index (χ1n) is 4.70. The Morgan fingerprint density at radius 2 is 2.07 bits per heavy atom. The molecule has 14 heavy (non-hydrogen) atoms. The molecule has 0 bridgehead atoms. The van der Waals surface area contributed by atoms with Gasteiger partial charge in [0.05, 0.1) is 0 Å². The van der Waals surface area contributed by atoms with Gasteiger partial charge < -0.3 is 15.6 Å². The molecule has 1 aromatic carbocycles. The fraction of sp³-hybridized carbons (Fsp3) is 0.455. The summed E-state index contributed by atoms with van der Waals surface area (Å²) in [6.45, 7) is 6.13. The molecule has 0 unspecified atom stereocenters. The van der Waals surface area contributed by atoms with E-state index in [1.54, 1.807) is 6.07 Å². The number of hydrogen-bond donors (Lipinski definition) is 2. The first kappa shape index (κ1) is 10.9. The van der Waals surface area contributed by atoms with Gasteiger partial charge in [-0.25, -0.2) is 0 Å². The lowest BCUT2D eigenvalue weighted by Gasteiger charge is -2.14. The third-order valence-corrected chi connectivity index (χ3v) is 2.06. The van der Waals surface area contributed by atoms with Crippen LogP contribution in [0.3, 0.4) is 0 Å². The van der Waals surface area contributed by atoms with Gasteiger partial charge in [0.15, 0.2) is 0 Å². The minimum Gasteiger partial charge on any atom is -0.508 e. The molecule has 0 aliphatic heterocycles. The number of aromatic hydroxyl groups is 1. The smallest absolute Gasteiger partial charge is 0.128 e. The maximum absolute atomic E-state index is 9.48. The van der Waals surface area contributed by atoms with E-state index in [9.17, 15) is 5.11 Å². The summed E-state index contributed by atoms with van der Waals surface area (Å²) >= 11 is 0. The summed E-state index contributed by atoms with van der Waals surface area (Å²) in [6.07, 6.45) is 0. The highest BCUT2D eigenvalue weighted by Gasteiger charge is 2.08. The fourth-order valence-corrected chi connectivity index (χ4v) is 1.25. The van der Waals surface area contributed by atoms with Crippen LogP contribution in [0.2, 0.25) is 0 Å². The van der Waals surface area contributed by atoms with Crippen LogP contribution in [0.25, 0.3) is 0 Å². The lowest BCUT2D eigenvalue weighted by atomic mass is 10.1. The normalized spacial score (nSPS) is 12.6. The second-order valence-electron chi connectivity index (χ2n) is 3.64. The summed E-state index contributed by atoms with van der Waals surface area (Å²) in [5.74, 6) is 0.998. The zero-order valence-corrected chi connectivity index (χ0v) is 8.87. The average molecular weight is 195 g/mol. The maximum Gasteiger partial charge on any atom is 0.128 e. The van der Waals surface area contributed by atoms with Gasteiger partial charge >= 0.3 is 0 Å². The molecule has 0 aliphatic rings. The quantitative estimate of drug-likeness (QED) is 0.772. The number of ether oxygens (including phenoxy) is 1. The zero-order valence-electron chi connectivity index (χ0n) is 8.87. The Morgan fingerprint density at radius 3 is 2.64 bits per heavy atom. The van der Waals surface area contributed by atoms with E-state index >= 15 is 0 Å². The Balaban J connectivity index is 2.89. The standard InChI is InChI=1S/C11H17NO2/c1-7-4-5-10(13)9(3)11(7)14-6-8(2)12/h4-5,8,13H,6,12H2,1-3H3/t8-/m1/s1. The number of benzene rings is 1. The average Bonchev–Trinajstić information content (AvgIpc) is 2.11. The first-order chi connectivity index (χ1) is 6.52. The molecule has 78 valence electrons. The summed E-state index contributed by atoms with van der Waals surface area (Å²) in [5.41, 5.74) is 7.37. The van der Waals surface area contributed by atoms with Crippen molar-refractivity contribution in [2.75, 3.05) is 6.61 Å². The minimum atomic E-state index is -0.00357. The van der Waals surface area contributed by atoms with Gasteiger partial charge in [-0.05, 0) is 32.4 Å². The van der Waals surface area contributed by atoms with Crippen molar-refractivity contribution in [1.82, 2.24) is 0 Å². The highest BCUT2D eigenvalue weighted by molar-refractivity contribution is 5.47. The number of rotatable bonds is 3. The Morgan fingerprint density at radius 1 is 1.43 bits per heavy atom. The molecule has 0 radical (unpaired) electrons. The SMILES string of the molecule is Cc1ccc(O)c(C)c1OC[C@@H](C)N. The molecular formula is C11H17NO2. The van der Waals surface area contributed by atoms with Crippen molar-refractivity contribution >= 4 is 0 Å². The van der Waals surface area contributed by atoms with Gasteiger partial charge in [0.2, 0.25) is 0 Å². The van der Waals surface area contributed by atoms with Crippen molar-refractivity contribution in [3.8, 4) is 11.5 Å². The van der Waals surface area contributed by atoms with Crippen LogP contribution < -0.4 is 10.5 Å². The highest BCUT2D eigenvalue weighted by atomic mass is 16.5. The molecule has 3 N–H and O–H groups in total. The van der Waals surface area contributed by atoms with Gasteiger partial charge in [0, 0.05) is 11.6 Å². The summed E-state index contributed by atoms with van der Waals surface area (Å²) in [4.78, 5) is 0. The largest absolute Gasteiger partial charge is 0.508 e. The lowest BCUT2D eigenvalue weighted by Crippen LogP contribution is -2.24. The third-order valence-electron chi connectivity index (χ3n) is 2.06. The van der Waals surface area contributed by atoms with Crippen molar-refractivity contribution in [2.45, 2.75) is 26.8 Å². The number of aryl methyl sites for hydroxylation is 1. The maximum atomic E-state index is 9.48. The number of nitrogens with two attached hydrogens (primary N) is 1. The van der Waals surface area contributed by atoms with Gasteiger partial charge in [0.1, 0.15) is 18.1 Å². The second kappa shape index (κ2) is 4.33. The Kier molecular flexibility index (Phi) is 3.36. The van der Waals surface area contributed by atoms with Crippen molar-refractivity contribution in [2.24, 2.45) is 5.73 Å². The molecule has 0 saturated carbocycles. The molecule has 0 aliphatic carbocycles. The fourth-order valence-electron chi connectivity index (χ4n) is 1.25. The van der Waals surface area contributed by atoms with Gasteiger partial charge in [-0.15, -0.1) is 0 Å². The van der Waals surface area contributed by atoms with E-state index in [0.29, 0.717) is 6.61 Å². The van der Waals surface area contributed by atoms with E-state index in [-0.39, 0.29) is 11.8 Å². The predicted molar refractivity (Wildman–Crippen MR) is 56.7 cm³/mol. The molecule has 0 amide bonds. The zero-order chi connectivity index (χ0) is 10.7. The Bertz CT molecular complexity index is 321. The van der Waals surface area contributed by atoms with Crippen molar-refractivity contribution in [1.29, 1.82) is 0 Å². The Hall–Kier alpha value is -1.22. The molecule has 1 rings (SSSR count). The summed E-state index contributed by atoms with van der Waals surface area (Å²) in [5, 5.41) is 9.48. The number of phenols is 1. The predicted octanol–water partition coefficient (Wildman–Crippen LogP) is 1.74. The van der Waals surface area contributed by atoms with Gasteiger partial charge in [-0.2, -0.15) is 0 Å². The van der Waals surface area contributed by atoms with Crippen LogP contribution >= 0.6 is 0 Å². The van der Waals surface area contributed by atoms with Crippen LogP contribution in [0.1, 0.15) is 18.1 Å². The molecule has 3 nitrogen and oxygen atoms in total. The van der Waals surface area contributed by atoms with Crippen molar-refractivity contribution in [3.05, 3.63) is 23.3 Å². The molecule has 0 spiro atoms. The molecule has 0 heterocycles. The van der Waals surface area contributed by atoms with Crippen LogP contribution in [-0.4, -0.2) is 17.8 Å². The van der Waals surface area contributed by atoms with E-state index in [1.165, 1.54) is 0 Å². The molecule has 3 heteroatoms. The van der Waals surface area contributed by atoms with Gasteiger partial charge in [-0.1, -0.05) is 6.07 Å². The number of phenolic OH excluding ortho intramolecular Hbond substituents is 1. The monoisotopic (exact) mass is 195 g/mol. The lowest BCUT2D eigenvalue weighted by molar-refractivity contribution is 0.290. The highest BCUT2D eigenvalue weighted by Crippen LogP contribution is 2.29. The van der Waals surface area contributed by atoms with Crippen LogP contribution in [0, 0.1) is 13.8 Å². The Labute approximate surface area is 84.5 Å². The van der Waals surface area contributed by atoms with E-state index in [2.05, 4.69) is 0 Å². The minimum absolute atomic E-state index is 0.00357. The number of hydrogen-bond acceptors (Lipinski definition) is 3. The second-order valence-corrected chi connectivity index (χ2v) is 3.64. The summed E-state index contributed by atoms with van der Waals surface area (Å²) in [7, 11) is 0. The van der Waals surface area contributed by atoms with Crippen molar-refractivity contribution < 1.29 is 9.84 Å². The van der Waals surface area contributed by atoms with Crippen LogP contribution in [0.15, 0.2) is 12.1 Å². The van der Waals surface area contributed by atoms with Crippen LogP contribution in [-0.2, 0) is 0 Å². The molecule has 0 saturated heterocycles. The van der Waals surface area contributed by atoms with E-state index in [0.717, 1.165) is 16.9 Å². The third kappa shape index (κ3) is 2.39. The molecule has 0 aromatic heterocycles. The molecule has 1 aromatic rings. The van der Waals surface area contributed by atoms with Crippen LogP contribution in [0.4, 0.5) is 0 Å².